The Hall–Kier alpha value is -1.74. The predicted molar refractivity (Wildman–Crippen MR) is 72.4 cm³/mol. The van der Waals surface area contributed by atoms with Crippen LogP contribution in [0.3, 0.4) is 0 Å². The van der Waals surface area contributed by atoms with Gasteiger partial charge in [0.05, 0.1) is 11.4 Å². The summed E-state index contributed by atoms with van der Waals surface area (Å²) in [6.45, 7) is 2.09. The van der Waals surface area contributed by atoms with Crippen molar-refractivity contribution in [3.05, 3.63) is 22.0 Å². The highest BCUT2D eigenvalue weighted by Gasteiger charge is 2.20. The molecule has 0 amide bonds. The summed E-state index contributed by atoms with van der Waals surface area (Å²) in [6.07, 6.45) is 6.42. The third kappa shape index (κ3) is 2.15. The molecule has 6 heteroatoms. The quantitative estimate of drug-likeness (QED) is 0.861. The van der Waals surface area contributed by atoms with Gasteiger partial charge in [-0.3, -0.25) is 0 Å². The Morgan fingerprint density at radius 1 is 1.37 bits per heavy atom. The number of fused-ring (bicyclic) bond motifs is 1. The first kappa shape index (κ1) is 12.3. The van der Waals surface area contributed by atoms with E-state index in [4.69, 9.17) is 5.26 Å². The Balaban J connectivity index is 2.04. The van der Waals surface area contributed by atoms with Gasteiger partial charge >= 0.3 is 0 Å². The molecule has 98 valence electrons. The Morgan fingerprint density at radius 2 is 2.21 bits per heavy atom. The standard InChI is InChI=1S/C13H15N5S/c1-2-5-11-10(8-14)16-17-18(11)13-15-9-6-3-4-7-12(9)19-13/h2-7H2,1H3. The zero-order valence-electron chi connectivity index (χ0n) is 10.9. The van der Waals surface area contributed by atoms with E-state index in [-0.39, 0.29) is 0 Å². The molecule has 0 saturated heterocycles. The number of hydrogen-bond acceptors (Lipinski definition) is 5. The highest BCUT2D eigenvalue weighted by Crippen LogP contribution is 2.29. The Morgan fingerprint density at radius 3 is 2.95 bits per heavy atom. The van der Waals surface area contributed by atoms with Gasteiger partial charge in [0, 0.05) is 4.88 Å². The monoisotopic (exact) mass is 273 g/mol. The maximum Gasteiger partial charge on any atom is 0.212 e. The molecule has 1 aliphatic rings. The first-order chi connectivity index (χ1) is 9.33. The van der Waals surface area contributed by atoms with Crippen LogP contribution in [0.2, 0.25) is 0 Å². The molecule has 0 atom stereocenters. The predicted octanol–water partition coefficient (Wildman–Crippen LogP) is 2.43. The summed E-state index contributed by atoms with van der Waals surface area (Å²) >= 11 is 1.69. The molecule has 0 aromatic carbocycles. The molecule has 5 nitrogen and oxygen atoms in total. The lowest BCUT2D eigenvalue weighted by Crippen LogP contribution is -2.03. The molecule has 0 radical (unpaired) electrons. The third-order valence-corrected chi connectivity index (χ3v) is 4.50. The molecule has 2 heterocycles. The summed E-state index contributed by atoms with van der Waals surface area (Å²) < 4.78 is 1.76. The van der Waals surface area contributed by atoms with E-state index in [1.54, 1.807) is 16.0 Å². The molecule has 0 saturated carbocycles. The van der Waals surface area contributed by atoms with Gasteiger partial charge in [-0.25, -0.2) is 4.98 Å². The SMILES string of the molecule is CCCc1c(C#N)nnn1-c1nc2c(s1)CCCC2. The molecule has 0 bridgehead atoms. The van der Waals surface area contributed by atoms with Gasteiger partial charge in [0.2, 0.25) is 5.13 Å². The van der Waals surface area contributed by atoms with Crippen molar-refractivity contribution >= 4 is 11.3 Å². The normalized spacial score (nSPS) is 14.1. The van der Waals surface area contributed by atoms with E-state index in [1.807, 2.05) is 0 Å². The minimum Gasteiger partial charge on any atom is -0.223 e. The van der Waals surface area contributed by atoms with E-state index in [0.717, 1.165) is 36.5 Å². The average Bonchev–Trinajstić information content (AvgIpc) is 3.01. The fourth-order valence-electron chi connectivity index (χ4n) is 2.43. The molecule has 0 spiro atoms. The van der Waals surface area contributed by atoms with Gasteiger partial charge in [0.1, 0.15) is 6.07 Å². The smallest absolute Gasteiger partial charge is 0.212 e. The second kappa shape index (κ2) is 5.10. The Bertz CT molecular complexity index is 610. The van der Waals surface area contributed by atoms with Gasteiger partial charge in [-0.05, 0) is 32.1 Å². The minimum atomic E-state index is 0.426. The van der Waals surface area contributed by atoms with Crippen LogP contribution in [-0.2, 0) is 19.3 Å². The fraction of sp³-hybridized carbons (Fsp3) is 0.538. The zero-order valence-corrected chi connectivity index (χ0v) is 11.7. The molecule has 0 aliphatic heterocycles. The van der Waals surface area contributed by atoms with Crippen LogP contribution in [0.15, 0.2) is 0 Å². The van der Waals surface area contributed by atoms with Crippen LogP contribution in [0.4, 0.5) is 0 Å². The molecular weight excluding hydrogens is 258 g/mol. The lowest BCUT2D eigenvalue weighted by atomic mass is 10.0. The summed E-state index contributed by atoms with van der Waals surface area (Å²) in [6, 6.07) is 2.11. The topological polar surface area (TPSA) is 67.4 Å². The van der Waals surface area contributed by atoms with Gasteiger partial charge in [-0.1, -0.05) is 29.9 Å². The van der Waals surface area contributed by atoms with Crippen LogP contribution in [0, 0.1) is 11.3 Å². The fourth-order valence-corrected chi connectivity index (χ4v) is 3.55. The number of rotatable bonds is 3. The summed E-state index contributed by atoms with van der Waals surface area (Å²) in [5.74, 6) is 0. The molecule has 0 fully saturated rings. The molecule has 1 aliphatic carbocycles. The van der Waals surface area contributed by atoms with Gasteiger partial charge in [-0.15, -0.1) is 5.10 Å². The molecular formula is C13H15N5S. The first-order valence-electron chi connectivity index (χ1n) is 6.67. The zero-order chi connectivity index (χ0) is 13.2. The molecule has 3 rings (SSSR count). The van der Waals surface area contributed by atoms with Crippen LogP contribution in [0.25, 0.3) is 5.13 Å². The molecule has 0 N–H and O–H groups in total. The van der Waals surface area contributed by atoms with Crippen molar-refractivity contribution in [2.24, 2.45) is 0 Å². The van der Waals surface area contributed by atoms with Crippen LogP contribution in [0.5, 0.6) is 0 Å². The summed E-state index contributed by atoms with van der Waals surface area (Å²) in [7, 11) is 0. The van der Waals surface area contributed by atoms with Crippen molar-refractivity contribution in [2.75, 3.05) is 0 Å². The number of aryl methyl sites for hydroxylation is 2. The molecule has 2 aromatic heterocycles. The second-order valence-electron chi connectivity index (χ2n) is 4.73. The Kier molecular flexibility index (Phi) is 3.30. The highest BCUT2D eigenvalue weighted by molar-refractivity contribution is 7.14. The van der Waals surface area contributed by atoms with E-state index in [0.29, 0.717) is 5.69 Å². The largest absolute Gasteiger partial charge is 0.223 e. The summed E-state index contributed by atoms with van der Waals surface area (Å²) in [4.78, 5) is 6.05. The molecule has 0 unspecified atom stereocenters. The number of nitriles is 1. The van der Waals surface area contributed by atoms with Crippen LogP contribution >= 0.6 is 11.3 Å². The van der Waals surface area contributed by atoms with Gasteiger partial charge in [0.15, 0.2) is 5.69 Å². The number of aromatic nitrogens is 4. The third-order valence-electron chi connectivity index (χ3n) is 3.37. The van der Waals surface area contributed by atoms with E-state index >= 15 is 0 Å². The van der Waals surface area contributed by atoms with Crippen molar-refractivity contribution in [3.63, 3.8) is 0 Å². The van der Waals surface area contributed by atoms with E-state index in [2.05, 4.69) is 28.3 Å². The lowest BCUT2D eigenvalue weighted by Gasteiger charge is -2.06. The number of thiazole rings is 1. The number of nitrogens with zero attached hydrogens (tertiary/aromatic N) is 5. The minimum absolute atomic E-state index is 0.426. The Labute approximate surface area is 115 Å². The van der Waals surface area contributed by atoms with Crippen LogP contribution in [0.1, 0.15) is 48.1 Å². The maximum absolute atomic E-state index is 9.08. The van der Waals surface area contributed by atoms with Crippen molar-refractivity contribution in [2.45, 2.75) is 45.4 Å². The van der Waals surface area contributed by atoms with E-state index in [1.165, 1.54) is 23.4 Å². The maximum atomic E-state index is 9.08. The molecule has 2 aromatic rings. The van der Waals surface area contributed by atoms with Crippen molar-refractivity contribution < 1.29 is 0 Å². The first-order valence-corrected chi connectivity index (χ1v) is 7.48. The summed E-state index contributed by atoms with van der Waals surface area (Å²) in [5, 5.41) is 18.0. The van der Waals surface area contributed by atoms with Crippen LogP contribution in [-0.4, -0.2) is 20.0 Å². The lowest BCUT2D eigenvalue weighted by molar-refractivity contribution is 0.677. The van der Waals surface area contributed by atoms with Crippen molar-refractivity contribution in [1.29, 1.82) is 5.26 Å². The van der Waals surface area contributed by atoms with Crippen LogP contribution < -0.4 is 0 Å². The van der Waals surface area contributed by atoms with Crippen molar-refractivity contribution in [3.8, 4) is 11.2 Å². The van der Waals surface area contributed by atoms with Gasteiger partial charge in [0.25, 0.3) is 0 Å². The average molecular weight is 273 g/mol. The summed E-state index contributed by atoms with van der Waals surface area (Å²) in [5.41, 5.74) is 2.52. The van der Waals surface area contributed by atoms with Gasteiger partial charge in [-0.2, -0.15) is 9.94 Å². The second-order valence-corrected chi connectivity index (χ2v) is 5.79. The molecule has 19 heavy (non-hydrogen) atoms. The van der Waals surface area contributed by atoms with E-state index < -0.39 is 0 Å². The highest BCUT2D eigenvalue weighted by atomic mass is 32.1. The van der Waals surface area contributed by atoms with E-state index in [9.17, 15) is 0 Å². The number of hydrogen-bond donors (Lipinski definition) is 0. The van der Waals surface area contributed by atoms with Crippen molar-refractivity contribution in [1.82, 2.24) is 20.0 Å². The van der Waals surface area contributed by atoms with Gasteiger partial charge < -0.3 is 0 Å².